The average molecular weight is 245 g/mol. The molecule has 1 aromatic heterocycles. The topological polar surface area (TPSA) is 44.1 Å². The Morgan fingerprint density at radius 1 is 1.62 bits per heavy atom. The summed E-state index contributed by atoms with van der Waals surface area (Å²) < 4.78 is 6.93. The summed E-state index contributed by atoms with van der Waals surface area (Å²) in [6.07, 6.45) is 1.01. The molecule has 1 atom stereocenters. The van der Waals surface area contributed by atoms with Gasteiger partial charge in [0.1, 0.15) is 11.8 Å². The second-order valence-electron chi connectivity index (χ2n) is 3.95. The van der Waals surface area contributed by atoms with Gasteiger partial charge in [-0.1, -0.05) is 25.4 Å². The van der Waals surface area contributed by atoms with Crippen molar-refractivity contribution in [2.45, 2.75) is 26.9 Å². The molecule has 0 aliphatic heterocycles. The smallest absolute Gasteiger partial charge is 0.211 e. The van der Waals surface area contributed by atoms with Crippen LogP contribution in [0.3, 0.4) is 0 Å². The van der Waals surface area contributed by atoms with Crippen LogP contribution in [0, 0.1) is 5.92 Å². The van der Waals surface area contributed by atoms with Crippen LogP contribution in [0.2, 0.25) is 5.02 Å². The summed E-state index contributed by atoms with van der Waals surface area (Å²) in [5.74, 6) is 0.000247. The van der Waals surface area contributed by atoms with Crippen molar-refractivity contribution in [3.8, 4) is 0 Å². The highest BCUT2D eigenvalue weighted by Gasteiger charge is 2.28. The van der Waals surface area contributed by atoms with Crippen molar-refractivity contribution in [3.05, 3.63) is 16.9 Å². The van der Waals surface area contributed by atoms with Crippen LogP contribution in [-0.2, 0) is 11.8 Å². The normalized spacial score (nSPS) is 13.1. The molecule has 0 aliphatic carbocycles. The first-order valence-corrected chi connectivity index (χ1v) is 5.70. The number of carbonyl (C=O) groups excluding carboxylic acids is 1. The molecule has 0 aromatic carbocycles. The van der Waals surface area contributed by atoms with Gasteiger partial charge in [-0.15, -0.1) is 0 Å². The van der Waals surface area contributed by atoms with Crippen LogP contribution < -0.4 is 0 Å². The lowest BCUT2D eigenvalue weighted by Gasteiger charge is -2.19. The van der Waals surface area contributed by atoms with E-state index in [1.807, 2.05) is 20.8 Å². The highest BCUT2D eigenvalue weighted by atomic mass is 35.5. The third-order valence-corrected chi connectivity index (χ3v) is 2.61. The van der Waals surface area contributed by atoms with Crippen molar-refractivity contribution >= 4 is 17.4 Å². The highest BCUT2D eigenvalue weighted by molar-refractivity contribution is 6.33. The maximum atomic E-state index is 12.2. The monoisotopic (exact) mass is 244 g/mol. The number of hydrogen-bond acceptors (Lipinski definition) is 3. The van der Waals surface area contributed by atoms with Crippen LogP contribution >= 0.6 is 11.6 Å². The predicted octanol–water partition coefficient (Wildman–Crippen LogP) is 2.32. The predicted molar refractivity (Wildman–Crippen MR) is 62.8 cm³/mol. The lowest BCUT2D eigenvalue weighted by Crippen LogP contribution is -2.31. The molecule has 0 N–H and O–H groups in total. The number of hydrogen-bond donors (Lipinski definition) is 0. The average Bonchev–Trinajstić information content (AvgIpc) is 2.54. The molecule has 0 radical (unpaired) electrons. The fourth-order valence-electron chi connectivity index (χ4n) is 1.57. The molecule has 0 spiro atoms. The summed E-state index contributed by atoms with van der Waals surface area (Å²) >= 11 is 5.93. The summed E-state index contributed by atoms with van der Waals surface area (Å²) in [7, 11) is 1.70. The summed E-state index contributed by atoms with van der Waals surface area (Å²) in [6.45, 7) is 6.27. The second kappa shape index (κ2) is 5.46. The molecule has 1 rings (SSSR count). The van der Waals surface area contributed by atoms with Gasteiger partial charge in [-0.3, -0.25) is 9.48 Å². The molecular formula is C11H17ClN2O2. The maximum absolute atomic E-state index is 12.2. The lowest BCUT2D eigenvalue weighted by molar-refractivity contribution is 0.0272. The Hall–Kier alpha value is -0.870. The number of carbonyl (C=O) groups is 1. The molecule has 90 valence electrons. The van der Waals surface area contributed by atoms with Crippen molar-refractivity contribution in [2.75, 3.05) is 6.61 Å². The third-order valence-electron chi connectivity index (χ3n) is 2.34. The summed E-state index contributed by atoms with van der Waals surface area (Å²) in [5.41, 5.74) is 0.411. The van der Waals surface area contributed by atoms with Gasteiger partial charge in [-0.25, -0.2) is 0 Å². The Balaban J connectivity index is 2.99. The molecule has 0 amide bonds. The van der Waals surface area contributed by atoms with Crippen molar-refractivity contribution in [3.63, 3.8) is 0 Å². The Morgan fingerprint density at radius 3 is 2.62 bits per heavy atom. The number of aromatic nitrogens is 2. The molecule has 0 fully saturated rings. The molecule has 5 heteroatoms. The quantitative estimate of drug-likeness (QED) is 0.747. The zero-order valence-corrected chi connectivity index (χ0v) is 10.8. The molecule has 0 saturated heterocycles. The van der Waals surface area contributed by atoms with Crippen LogP contribution in [0.25, 0.3) is 0 Å². The van der Waals surface area contributed by atoms with Gasteiger partial charge in [0.15, 0.2) is 0 Å². The molecule has 1 unspecified atom stereocenters. The first kappa shape index (κ1) is 13.2. The van der Waals surface area contributed by atoms with Crippen molar-refractivity contribution in [2.24, 2.45) is 13.0 Å². The van der Waals surface area contributed by atoms with Gasteiger partial charge < -0.3 is 4.74 Å². The van der Waals surface area contributed by atoms with E-state index >= 15 is 0 Å². The Labute approximate surface area is 101 Å². The number of ether oxygens (including phenoxy) is 1. The number of nitrogens with zero attached hydrogens (tertiary/aromatic N) is 2. The van der Waals surface area contributed by atoms with Gasteiger partial charge in [0.05, 0.1) is 11.2 Å². The van der Waals surface area contributed by atoms with E-state index < -0.39 is 6.10 Å². The molecule has 0 saturated carbocycles. The Kier molecular flexibility index (Phi) is 4.50. The van der Waals surface area contributed by atoms with E-state index in [0.29, 0.717) is 17.3 Å². The van der Waals surface area contributed by atoms with Gasteiger partial charge in [0.2, 0.25) is 5.78 Å². The summed E-state index contributed by atoms with van der Waals surface area (Å²) in [5, 5.41) is 4.32. The minimum Gasteiger partial charge on any atom is -0.370 e. The van der Waals surface area contributed by atoms with Crippen molar-refractivity contribution in [1.82, 2.24) is 9.78 Å². The highest BCUT2D eigenvalue weighted by Crippen LogP contribution is 2.20. The van der Waals surface area contributed by atoms with Crippen LogP contribution in [0.1, 0.15) is 31.3 Å². The fourth-order valence-corrected chi connectivity index (χ4v) is 1.83. The molecule has 16 heavy (non-hydrogen) atoms. The summed E-state index contributed by atoms with van der Waals surface area (Å²) in [6, 6.07) is 0. The van der Waals surface area contributed by atoms with E-state index in [4.69, 9.17) is 16.3 Å². The van der Waals surface area contributed by atoms with Crippen LogP contribution in [-0.4, -0.2) is 28.3 Å². The number of ketones is 1. The van der Waals surface area contributed by atoms with E-state index in [0.717, 1.165) is 0 Å². The van der Waals surface area contributed by atoms with E-state index in [1.54, 1.807) is 7.05 Å². The summed E-state index contributed by atoms with van der Waals surface area (Å²) in [4.78, 5) is 12.2. The number of halogens is 1. The number of rotatable bonds is 5. The van der Waals surface area contributed by atoms with Crippen molar-refractivity contribution < 1.29 is 9.53 Å². The van der Waals surface area contributed by atoms with Crippen LogP contribution in [0.4, 0.5) is 0 Å². The van der Waals surface area contributed by atoms with Crippen LogP contribution in [0.5, 0.6) is 0 Å². The van der Waals surface area contributed by atoms with Crippen LogP contribution in [0.15, 0.2) is 6.20 Å². The molecule has 0 aliphatic rings. The first-order chi connectivity index (χ1) is 7.49. The standard InChI is InChI=1S/C11H17ClN2O2/c1-5-16-11(7(2)3)10(15)9-8(12)6-13-14(9)4/h6-7,11H,5H2,1-4H3. The molecule has 1 aromatic rings. The number of Topliss-reactive ketones (excluding diaryl/α,β-unsaturated/α-hetero) is 1. The van der Waals surface area contributed by atoms with Gasteiger partial charge in [-0.05, 0) is 12.8 Å². The molecular weight excluding hydrogens is 228 g/mol. The fraction of sp³-hybridized carbons (Fsp3) is 0.636. The van der Waals surface area contributed by atoms with E-state index in [1.165, 1.54) is 10.9 Å². The van der Waals surface area contributed by atoms with Gasteiger partial charge in [0.25, 0.3) is 0 Å². The lowest BCUT2D eigenvalue weighted by atomic mass is 10.0. The molecule has 4 nitrogen and oxygen atoms in total. The minimum atomic E-state index is -0.460. The largest absolute Gasteiger partial charge is 0.370 e. The van der Waals surface area contributed by atoms with Crippen molar-refractivity contribution in [1.29, 1.82) is 0 Å². The molecule has 0 bridgehead atoms. The zero-order valence-electron chi connectivity index (χ0n) is 10.0. The van der Waals surface area contributed by atoms with E-state index in [-0.39, 0.29) is 11.7 Å². The second-order valence-corrected chi connectivity index (χ2v) is 4.36. The minimum absolute atomic E-state index is 0.109. The van der Waals surface area contributed by atoms with E-state index in [2.05, 4.69) is 5.10 Å². The van der Waals surface area contributed by atoms with Gasteiger partial charge >= 0.3 is 0 Å². The maximum Gasteiger partial charge on any atom is 0.211 e. The van der Waals surface area contributed by atoms with Gasteiger partial charge in [0, 0.05) is 13.7 Å². The Bertz CT molecular complexity index is 355. The van der Waals surface area contributed by atoms with Gasteiger partial charge in [-0.2, -0.15) is 5.10 Å². The zero-order chi connectivity index (χ0) is 12.3. The van der Waals surface area contributed by atoms with E-state index in [9.17, 15) is 4.79 Å². The number of aryl methyl sites for hydroxylation is 1. The first-order valence-electron chi connectivity index (χ1n) is 5.32. The molecule has 1 heterocycles. The third kappa shape index (κ3) is 2.62. The SMILES string of the molecule is CCOC(C(=O)c1c(Cl)cnn1C)C(C)C. The Morgan fingerprint density at radius 2 is 2.25 bits per heavy atom.